The topological polar surface area (TPSA) is 41.5 Å². The highest BCUT2D eigenvalue weighted by Crippen LogP contribution is 2.21. The number of aliphatic hydroxyl groups excluding tert-OH is 1. The summed E-state index contributed by atoms with van der Waals surface area (Å²) in [7, 11) is 0. The average molecular weight is 257 g/mol. The summed E-state index contributed by atoms with van der Waals surface area (Å²) in [5.41, 5.74) is 0.383. The van der Waals surface area contributed by atoms with Gasteiger partial charge >= 0.3 is 0 Å². The molecule has 1 fully saturated rings. The second-order valence-corrected chi connectivity index (χ2v) is 4.73. The van der Waals surface area contributed by atoms with E-state index in [1.54, 1.807) is 0 Å². The minimum atomic E-state index is -0.937. The van der Waals surface area contributed by atoms with Gasteiger partial charge in [0.2, 0.25) is 0 Å². The first-order valence-electron chi connectivity index (χ1n) is 6.03. The molecule has 1 aromatic rings. The molecule has 18 heavy (non-hydrogen) atoms. The van der Waals surface area contributed by atoms with Crippen LogP contribution < -0.4 is 5.32 Å². The van der Waals surface area contributed by atoms with Gasteiger partial charge in [0.05, 0.1) is 19.3 Å². The van der Waals surface area contributed by atoms with E-state index in [4.69, 9.17) is 4.74 Å². The number of hydrogen-bond acceptors (Lipinski definition) is 3. The number of hydrogen-bond donors (Lipinski definition) is 2. The lowest BCUT2D eigenvalue weighted by atomic mass is 10.0. The minimum absolute atomic E-state index is 0.0249. The van der Waals surface area contributed by atoms with Crippen molar-refractivity contribution in [3.63, 3.8) is 0 Å². The lowest BCUT2D eigenvalue weighted by molar-refractivity contribution is 0.0303. The molecule has 0 bridgehead atoms. The third-order valence-corrected chi connectivity index (χ3v) is 3.04. The second kappa shape index (κ2) is 5.73. The van der Waals surface area contributed by atoms with Crippen LogP contribution in [0.1, 0.15) is 25.0 Å². The van der Waals surface area contributed by atoms with Crippen molar-refractivity contribution in [1.29, 1.82) is 0 Å². The van der Waals surface area contributed by atoms with Crippen molar-refractivity contribution >= 4 is 0 Å². The molecule has 2 rings (SSSR count). The highest BCUT2D eigenvalue weighted by molar-refractivity contribution is 5.20. The van der Waals surface area contributed by atoms with Gasteiger partial charge in [0.25, 0.3) is 0 Å². The third kappa shape index (κ3) is 3.25. The molecule has 5 heteroatoms. The summed E-state index contributed by atoms with van der Waals surface area (Å²) in [5, 5.41) is 13.3. The first-order chi connectivity index (χ1) is 8.56. The molecule has 0 aliphatic carbocycles. The van der Waals surface area contributed by atoms with Crippen molar-refractivity contribution < 1.29 is 18.6 Å². The van der Waals surface area contributed by atoms with E-state index in [9.17, 15) is 13.9 Å². The SMILES string of the molecule is CC1COCC(CC(O)c2ccc(F)c(F)c2)N1. The van der Waals surface area contributed by atoms with Crippen LogP contribution in [0.3, 0.4) is 0 Å². The van der Waals surface area contributed by atoms with Gasteiger partial charge < -0.3 is 15.2 Å². The monoisotopic (exact) mass is 257 g/mol. The van der Waals surface area contributed by atoms with Gasteiger partial charge in [-0.05, 0) is 31.0 Å². The molecular formula is C13H17F2NO2. The molecule has 1 aromatic carbocycles. The standard InChI is InChI=1S/C13H17F2NO2/c1-8-6-18-7-10(16-8)5-13(17)9-2-3-11(14)12(15)4-9/h2-4,8,10,13,16-17H,5-7H2,1H3. The van der Waals surface area contributed by atoms with Crippen LogP contribution in [0.2, 0.25) is 0 Å². The van der Waals surface area contributed by atoms with E-state index >= 15 is 0 Å². The predicted octanol–water partition coefficient (Wildman–Crippen LogP) is 1.77. The summed E-state index contributed by atoms with van der Waals surface area (Å²) >= 11 is 0. The molecule has 0 radical (unpaired) electrons. The highest BCUT2D eigenvalue weighted by Gasteiger charge is 2.22. The molecule has 100 valence electrons. The summed E-state index contributed by atoms with van der Waals surface area (Å²) in [5.74, 6) is -1.84. The van der Waals surface area contributed by atoms with E-state index in [1.807, 2.05) is 6.92 Å². The fraction of sp³-hybridized carbons (Fsp3) is 0.538. The number of morpholine rings is 1. The summed E-state index contributed by atoms with van der Waals surface area (Å²) in [6.07, 6.45) is -0.415. The van der Waals surface area contributed by atoms with Gasteiger partial charge in [-0.3, -0.25) is 0 Å². The lowest BCUT2D eigenvalue weighted by Crippen LogP contribution is -2.47. The molecule has 1 aliphatic heterocycles. The van der Waals surface area contributed by atoms with E-state index in [0.29, 0.717) is 25.2 Å². The van der Waals surface area contributed by atoms with Crippen molar-refractivity contribution in [2.75, 3.05) is 13.2 Å². The van der Waals surface area contributed by atoms with Gasteiger partial charge in [0.15, 0.2) is 11.6 Å². The van der Waals surface area contributed by atoms with Crippen LogP contribution in [-0.4, -0.2) is 30.4 Å². The second-order valence-electron chi connectivity index (χ2n) is 4.73. The normalized spacial score (nSPS) is 26.0. The Kier molecular flexibility index (Phi) is 4.27. The summed E-state index contributed by atoms with van der Waals surface area (Å²) in [4.78, 5) is 0. The quantitative estimate of drug-likeness (QED) is 0.867. The van der Waals surface area contributed by atoms with E-state index in [0.717, 1.165) is 12.1 Å². The number of rotatable bonds is 3. The summed E-state index contributed by atoms with van der Waals surface area (Å²) in [6.45, 7) is 3.17. The number of aliphatic hydroxyl groups is 1. The number of benzene rings is 1. The van der Waals surface area contributed by atoms with Crippen molar-refractivity contribution in [2.24, 2.45) is 0 Å². The maximum Gasteiger partial charge on any atom is 0.159 e. The van der Waals surface area contributed by atoms with Crippen LogP contribution in [0.4, 0.5) is 8.78 Å². The van der Waals surface area contributed by atoms with E-state index in [2.05, 4.69) is 5.32 Å². The van der Waals surface area contributed by atoms with Gasteiger partial charge in [0.1, 0.15) is 0 Å². The van der Waals surface area contributed by atoms with Gasteiger partial charge in [-0.1, -0.05) is 6.07 Å². The first kappa shape index (κ1) is 13.4. The summed E-state index contributed by atoms with van der Waals surface area (Å²) in [6, 6.07) is 3.72. The van der Waals surface area contributed by atoms with E-state index in [-0.39, 0.29) is 12.1 Å². The molecule has 3 atom stereocenters. The predicted molar refractivity (Wildman–Crippen MR) is 63.1 cm³/mol. The molecule has 2 N–H and O–H groups in total. The van der Waals surface area contributed by atoms with Crippen LogP contribution in [0.15, 0.2) is 18.2 Å². The van der Waals surface area contributed by atoms with Crippen molar-refractivity contribution in [3.05, 3.63) is 35.4 Å². The Morgan fingerprint density at radius 3 is 2.83 bits per heavy atom. The van der Waals surface area contributed by atoms with Crippen molar-refractivity contribution in [1.82, 2.24) is 5.32 Å². The Morgan fingerprint density at radius 2 is 2.17 bits per heavy atom. The zero-order valence-electron chi connectivity index (χ0n) is 10.2. The Hall–Kier alpha value is -1.04. The molecule has 0 saturated carbocycles. The number of ether oxygens (including phenoxy) is 1. The number of nitrogens with one attached hydrogen (secondary N) is 1. The molecule has 0 aromatic heterocycles. The van der Waals surface area contributed by atoms with Gasteiger partial charge in [0, 0.05) is 12.1 Å². The Bertz CT molecular complexity index is 414. The maximum atomic E-state index is 13.1. The van der Waals surface area contributed by atoms with Crippen molar-refractivity contribution in [2.45, 2.75) is 31.5 Å². The molecule has 3 unspecified atom stereocenters. The molecule has 1 heterocycles. The van der Waals surface area contributed by atoms with E-state index in [1.165, 1.54) is 6.07 Å². The lowest BCUT2D eigenvalue weighted by Gasteiger charge is -2.30. The highest BCUT2D eigenvalue weighted by atomic mass is 19.2. The molecule has 1 aliphatic rings. The third-order valence-electron chi connectivity index (χ3n) is 3.04. The first-order valence-corrected chi connectivity index (χ1v) is 6.03. The van der Waals surface area contributed by atoms with Crippen LogP contribution >= 0.6 is 0 Å². The smallest absolute Gasteiger partial charge is 0.159 e. The van der Waals surface area contributed by atoms with Gasteiger partial charge in [-0.2, -0.15) is 0 Å². The average Bonchev–Trinajstić information content (AvgIpc) is 2.32. The summed E-state index contributed by atoms with van der Waals surface area (Å²) < 4.78 is 31.2. The zero-order chi connectivity index (χ0) is 13.1. The van der Waals surface area contributed by atoms with Gasteiger partial charge in [-0.15, -0.1) is 0 Å². The van der Waals surface area contributed by atoms with Crippen molar-refractivity contribution in [3.8, 4) is 0 Å². The Morgan fingerprint density at radius 1 is 1.39 bits per heavy atom. The molecule has 3 nitrogen and oxygen atoms in total. The zero-order valence-corrected chi connectivity index (χ0v) is 10.2. The number of halogens is 2. The molecule has 0 spiro atoms. The fourth-order valence-corrected chi connectivity index (χ4v) is 2.15. The van der Waals surface area contributed by atoms with Crippen LogP contribution in [0.5, 0.6) is 0 Å². The molecule has 0 amide bonds. The van der Waals surface area contributed by atoms with Crippen LogP contribution in [0.25, 0.3) is 0 Å². The van der Waals surface area contributed by atoms with Gasteiger partial charge in [-0.25, -0.2) is 8.78 Å². The van der Waals surface area contributed by atoms with Crippen LogP contribution in [-0.2, 0) is 4.74 Å². The largest absolute Gasteiger partial charge is 0.388 e. The maximum absolute atomic E-state index is 13.1. The minimum Gasteiger partial charge on any atom is -0.388 e. The fourth-order valence-electron chi connectivity index (χ4n) is 2.15. The Balaban J connectivity index is 1.98. The van der Waals surface area contributed by atoms with E-state index < -0.39 is 17.7 Å². The molecule has 1 saturated heterocycles. The Labute approximate surface area is 105 Å². The molecular weight excluding hydrogens is 240 g/mol. The van der Waals surface area contributed by atoms with Crippen LogP contribution in [0, 0.1) is 11.6 Å².